The van der Waals surface area contributed by atoms with E-state index in [0.29, 0.717) is 11.6 Å². The van der Waals surface area contributed by atoms with Crippen LogP contribution in [-0.2, 0) is 6.42 Å². The van der Waals surface area contributed by atoms with Crippen molar-refractivity contribution in [2.75, 3.05) is 4.90 Å². The molecule has 3 aromatic rings. The van der Waals surface area contributed by atoms with Crippen LogP contribution in [0.4, 0.5) is 5.69 Å². The van der Waals surface area contributed by atoms with Crippen molar-refractivity contribution in [3.8, 4) is 0 Å². The summed E-state index contributed by atoms with van der Waals surface area (Å²) < 4.78 is 1.96. The van der Waals surface area contributed by atoms with E-state index in [1.807, 2.05) is 47.4 Å². The van der Waals surface area contributed by atoms with Crippen molar-refractivity contribution in [1.82, 2.24) is 10.2 Å². The summed E-state index contributed by atoms with van der Waals surface area (Å²) in [7, 11) is 0. The first-order valence-electron chi connectivity index (χ1n) is 8.88. The van der Waals surface area contributed by atoms with Crippen LogP contribution < -0.4 is 4.90 Å². The van der Waals surface area contributed by atoms with Gasteiger partial charge in [0.1, 0.15) is 5.69 Å². The quantitative estimate of drug-likeness (QED) is 0.498. The third kappa shape index (κ3) is 3.25. The van der Waals surface area contributed by atoms with Gasteiger partial charge in [-0.1, -0.05) is 63.9 Å². The molecule has 4 nitrogen and oxygen atoms in total. The average Bonchev–Trinajstić information content (AvgIpc) is 3.15. The van der Waals surface area contributed by atoms with Crippen molar-refractivity contribution in [1.29, 1.82) is 0 Å². The second kappa shape index (κ2) is 7.24. The lowest BCUT2D eigenvalue weighted by atomic mass is 9.95. The molecule has 27 heavy (non-hydrogen) atoms. The van der Waals surface area contributed by atoms with E-state index >= 15 is 0 Å². The van der Waals surface area contributed by atoms with Gasteiger partial charge in [-0.25, -0.2) is 0 Å². The lowest BCUT2D eigenvalue weighted by molar-refractivity contribution is 0.0988. The van der Waals surface area contributed by atoms with Crippen molar-refractivity contribution in [2.24, 2.45) is 5.92 Å². The number of halogens is 2. The Bertz CT molecular complexity index is 995. The van der Waals surface area contributed by atoms with Crippen LogP contribution >= 0.6 is 31.9 Å². The molecule has 1 aliphatic rings. The van der Waals surface area contributed by atoms with Gasteiger partial charge in [0, 0.05) is 20.2 Å². The number of carbonyl (C=O) groups excluding carboxylic acids is 1. The van der Waals surface area contributed by atoms with Crippen LogP contribution in [0.25, 0.3) is 0 Å². The zero-order chi connectivity index (χ0) is 19.1. The summed E-state index contributed by atoms with van der Waals surface area (Å²) in [5.74, 6) is 0.407. The van der Waals surface area contributed by atoms with Gasteiger partial charge in [-0.05, 0) is 48.2 Å². The molecule has 0 aliphatic carbocycles. The molecule has 2 aromatic carbocycles. The van der Waals surface area contributed by atoms with Crippen LogP contribution in [0.3, 0.4) is 0 Å². The predicted molar refractivity (Wildman–Crippen MR) is 114 cm³/mol. The Balaban J connectivity index is 1.91. The van der Waals surface area contributed by atoms with Gasteiger partial charge in [-0.15, -0.1) is 0 Å². The summed E-state index contributed by atoms with van der Waals surface area (Å²) in [5, 5.41) is 7.49. The molecule has 138 valence electrons. The summed E-state index contributed by atoms with van der Waals surface area (Å²) in [5.41, 5.74) is 4.47. The van der Waals surface area contributed by atoms with E-state index in [9.17, 15) is 4.79 Å². The van der Waals surface area contributed by atoms with E-state index in [2.05, 4.69) is 62.0 Å². The highest BCUT2D eigenvalue weighted by Crippen LogP contribution is 2.44. The molecule has 0 radical (unpaired) electrons. The van der Waals surface area contributed by atoms with Gasteiger partial charge in [0.25, 0.3) is 5.91 Å². The predicted octanol–water partition coefficient (Wildman–Crippen LogP) is 5.88. The second-order valence-electron chi connectivity index (χ2n) is 7.13. The molecule has 1 aliphatic heterocycles. The Hall–Kier alpha value is -1.92. The van der Waals surface area contributed by atoms with Crippen LogP contribution in [0.2, 0.25) is 0 Å². The lowest BCUT2D eigenvalue weighted by Gasteiger charge is -2.27. The fraction of sp³-hybridized carbons (Fsp3) is 0.238. The number of aromatic nitrogens is 2. The average molecular weight is 489 g/mol. The highest BCUT2D eigenvalue weighted by Gasteiger charge is 2.43. The summed E-state index contributed by atoms with van der Waals surface area (Å²) in [4.78, 5) is 15.2. The molecule has 1 N–H and O–H groups in total. The minimum Gasteiger partial charge on any atom is -0.295 e. The SMILES string of the molecule is CC(C)Cc1n[nH]c2c1C(c1ccccc1Br)N(c1ccc(Br)cc1)C2=O. The Labute approximate surface area is 175 Å². The number of nitrogens with zero attached hydrogens (tertiary/aromatic N) is 2. The van der Waals surface area contributed by atoms with Crippen LogP contribution in [0.15, 0.2) is 57.5 Å². The molecule has 0 bridgehead atoms. The number of aromatic amines is 1. The molecule has 0 fully saturated rings. The molecule has 0 saturated carbocycles. The molecule has 0 spiro atoms. The van der Waals surface area contributed by atoms with Gasteiger partial charge in [-0.2, -0.15) is 5.10 Å². The smallest absolute Gasteiger partial charge is 0.277 e. The molecule has 0 saturated heterocycles. The standard InChI is InChI=1S/C21H19Br2N3O/c1-12(2)11-17-18-19(25-24-17)21(27)26(14-9-7-13(22)8-10-14)20(18)15-5-3-4-6-16(15)23/h3-10,12,20H,11H2,1-2H3,(H,24,25). The second-order valence-corrected chi connectivity index (χ2v) is 8.90. The summed E-state index contributed by atoms with van der Waals surface area (Å²) >= 11 is 7.15. The maximum absolute atomic E-state index is 13.3. The topological polar surface area (TPSA) is 49.0 Å². The first-order valence-corrected chi connectivity index (χ1v) is 10.5. The highest BCUT2D eigenvalue weighted by atomic mass is 79.9. The van der Waals surface area contributed by atoms with E-state index in [1.165, 1.54) is 0 Å². The van der Waals surface area contributed by atoms with E-state index in [1.54, 1.807) is 0 Å². The molecule has 1 amide bonds. The zero-order valence-electron chi connectivity index (χ0n) is 15.0. The fourth-order valence-electron chi connectivity index (χ4n) is 3.61. The number of H-pyrrole nitrogens is 1. The summed E-state index contributed by atoms with van der Waals surface area (Å²) in [6, 6.07) is 15.7. The summed E-state index contributed by atoms with van der Waals surface area (Å²) in [6.45, 7) is 4.33. The molecule has 2 heterocycles. The largest absolute Gasteiger partial charge is 0.295 e. The molecule has 1 aromatic heterocycles. The Morgan fingerprint density at radius 3 is 2.48 bits per heavy atom. The minimum absolute atomic E-state index is 0.0458. The maximum atomic E-state index is 13.3. The molecular formula is C21H19Br2N3O. The Kier molecular flexibility index (Phi) is 4.95. The third-order valence-corrected chi connectivity index (χ3v) is 6.00. The van der Waals surface area contributed by atoms with Crippen LogP contribution in [0.5, 0.6) is 0 Å². The molecule has 4 rings (SSSR count). The van der Waals surface area contributed by atoms with Crippen LogP contribution in [0, 0.1) is 5.92 Å². The number of fused-ring (bicyclic) bond motifs is 1. The first-order chi connectivity index (χ1) is 13.0. The number of amides is 1. The normalized spacial score (nSPS) is 16.3. The minimum atomic E-state index is -0.211. The van der Waals surface area contributed by atoms with Gasteiger partial charge < -0.3 is 0 Å². The highest BCUT2D eigenvalue weighted by molar-refractivity contribution is 9.10. The zero-order valence-corrected chi connectivity index (χ0v) is 18.2. The molecule has 1 atom stereocenters. The van der Waals surface area contributed by atoms with Crippen LogP contribution in [-0.4, -0.2) is 16.1 Å². The van der Waals surface area contributed by atoms with Gasteiger partial charge in [-0.3, -0.25) is 14.8 Å². The number of carbonyl (C=O) groups is 1. The van der Waals surface area contributed by atoms with Crippen molar-refractivity contribution in [3.63, 3.8) is 0 Å². The van der Waals surface area contributed by atoms with Crippen molar-refractivity contribution < 1.29 is 4.79 Å². The number of hydrogen-bond donors (Lipinski definition) is 1. The van der Waals surface area contributed by atoms with Gasteiger partial charge in [0.15, 0.2) is 0 Å². The summed E-state index contributed by atoms with van der Waals surface area (Å²) in [6.07, 6.45) is 0.828. The van der Waals surface area contributed by atoms with Crippen molar-refractivity contribution >= 4 is 43.5 Å². The Morgan fingerprint density at radius 2 is 1.81 bits per heavy atom. The van der Waals surface area contributed by atoms with Crippen molar-refractivity contribution in [3.05, 3.63) is 80.0 Å². The number of rotatable bonds is 4. The van der Waals surface area contributed by atoms with E-state index in [4.69, 9.17) is 0 Å². The van der Waals surface area contributed by atoms with Crippen LogP contribution in [0.1, 0.15) is 47.2 Å². The first kappa shape index (κ1) is 18.4. The molecule has 1 unspecified atom stereocenters. The molecule has 6 heteroatoms. The van der Waals surface area contributed by atoms with Gasteiger partial charge >= 0.3 is 0 Å². The number of anilines is 1. The monoisotopic (exact) mass is 487 g/mol. The van der Waals surface area contributed by atoms with Gasteiger partial charge in [0.2, 0.25) is 0 Å². The van der Waals surface area contributed by atoms with Gasteiger partial charge in [0.05, 0.1) is 11.7 Å². The number of hydrogen-bond acceptors (Lipinski definition) is 2. The third-order valence-electron chi connectivity index (χ3n) is 4.75. The molecular weight excluding hydrogens is 470 g/mol. The maximum Gasteiger partial charge on any atom is 0.277 e. The van der Waals surface area contributed by atoms with E-state index in [-0.39, 0.29) is 11.9 Å². The van der Waals surface area contributed by atoms with Crippen molar-refractivity contribution in [2.45, 2.75) is 26.3 Å². The number of benzene rings is 2. The fourth-order valence-corrected chi connectivity index (χ4v) is 4.38. The van der Waals surface area contributed by atoms with E-state index < -0.39 is 0 Å². The van der Waals surface area contributed by atoms with E-state index in [0.717, 1.165) is 37.9 Å². The number of nitrogens with one attached hydrogen (secondary N) is 1. The lowest BCUT2D eigenvalue weighted by Crippen LogP contribution is -2.29. The Morgan fingerprint density at radius 1 is 1.11 bits per heavy atom.